The summed E-state index contributed by atoms with van der Waals surface area (Å²) in [4.78, 5) is 0. The highest BCUT2D eigenvalue weighted by Gasteiger charge is 2.48. The second kappa shape index (κ2) is 3.82. The fraction of sp³-hybridized carbons (Fsp3) is 1.00. The minimum Gasteiger partial charge on any atom is -0.393 e. The molecule has 2 aliphatic rings. The molecule has 2 rings (SSSR count). The number of ether oxygens (including phenoxy) is 1. The van der Waals surface area contributed by atoms with Gasteiger partial charge in [0.1, 0.15) is 0 Å². The standard InChI is InChI=1S/C12H22O2/c1-9-12(2,14-9)8-7-11(13)10-5-3-4-6-10/h9-11,13H,3-8H2,1-2H3/t9-,11-,12-/m1/s1. The van der Waals surface area contributed by atoms with E-state index >= 15 is 0 Å². The normalized spacial score (nSPS) is 40.1. The molecule has 0 aromatic heterocycles. The molecule has 0 spiro atoms. The Labute approximate surface area is 86.6 Å². The minimum atomic E-state index is -0.0780. The van der Waals surface area contributed by atoms with Gasteiger partial charge in [-0.3, -0.25) is 0 Å². The number of hydrogen-bond acceptors (Lipinski definition) is 2. The van der Waals surface area contributed by atoms with Crippen LogP contribution in [0, 0.1) is 5.92 Å². The summed E-state index contributed by atoms with van der Waals surface area (Å²) in [5.41, 5.74) is 0.0829. The Morgan fingerprint density at radius 3 is 2.50 bits per heavy atom. The third-order valence-corrected chi connectivity index (χ3v) is 4.13. The van der Waals surface area contributed by atoms with Crippen LogP contribution < -0.4 is 0 Å². The van der Waals surface area contributed by atoms with Crippen LogP contribution in [-0.4, -0.2) is 22.9 Å². The summed E-state index contributed by atoms with van der Waals surface area (Å²) in [6.07, 6.45) is 7.35. The van der Waals surface area contributed by atoms with Crippen molar-refractivity contribution in [1.82, 2.24) is 0 Å². The molecule has 1 aliphatic carbocycles. The maximum atomic E-state index is 9.97. The zero-order valence-corrected chi connectivity index (χ0v) is 9.33. The molecule has 0 bridgehead atoms. The Morgan fingerprint density at radius 2 is 2.00 bits per heavy atom. The average Bonchev–Trinajstić information content (AvgIpc) is 2.61. The van der Waals surface area contributed by atoms with Crippen molar-refractivity contribution in [2.45, 2.75) is 70.2 Å². The zero-order valence-electron chi connectivity index (χ0n) is 9.33. The summed E-state index contributed by atoms with van der Waals surface area (Å²) >= 11 is 0. The van der Waals surface area contributed by atoms with E-state index in [0.717, 1.165) is 12.8 Å². The van der Waals surface area contributed by atoms with Crippen molar-refractivity contribution in [2.75, 3.05) is 0 Å². The van der Waals surface area contributed by atoms with E-state index in [2.05, 4.69) is 13.8 Å². The van der Waals surface area contributed by atoms with Crippen LogP contribution in [0.4, 0.5) is 0 Å². The maximum absolute atomic E-state index is 9.97. The fourth-order valence-corrected chi connectivity index (χ4v) is 2.64. The van der Waals surface area contributed by atoms with E-state index in [-0.39, 0.29) is 11.7 Å². The van der Waals surface area contributed by atoms with Crippen molar-refractivity contribution in [3.8, 4) is 0 Å². The number of rotatable bonds is 4. The van der Waals surface area contributed by atoms with E-state index in [1.165, 1.54) is 25.7 Å². The quantitative estimate of drug-likeness (QED) is 0.704. The minimum absolute atomic E-state index is 0.0780. The Morgan fingerprint density at radius 1 is 1.43 bits per heavy atom. The molecule has 14 heavy (non-hydrogen) atoms. The highest BCUT2D eigenvalue weighted by molar-refractivity contribution is 4.96. The first-order valence-corrected chi connectivity index (χ1v) is 5.98. The van der Waals surface area contributed by atoms with Crippen LogP contribution >= 0.6 is 0 Å². The number of aliphatic hydroxyl groups is 1. The van der Waals surface area contributed by atoms with Gasteiger partial charge in [0.2, 0.25) is 0 Å². The largest absolute Gasteiger partial charge is 0.393 e. The van der Waals surface area contributed by atoms with E-state index in [0.29, 0.717) is 12.0 Å². The van der Waals surface area contributed by atoms with E-state index in [1.54, 1.807) is 0 Å². The van der Waals surface area contributed by atoms with E-state index in [4.69, 9.17) is 4.74 Å². The Balaban J connectivity index is 1.69. The predicted octanol–water partition coefficient (Wildman–Crippen LogP) is 2.50. The summed E-state index contributed by atoms with van der Waals surface area (Å²) in [6, 6.07) is 0. The summed E-state index contributed by atoms with van der Waals surface area (Å²) in [6.45, 7) is 4.26. The molecule has 0 aromatic rings. The molecule has 1 saturated carbocycles. The van der Waals surface area contributed by atoms with E-state index < -0.39 is 0 Å². The summed E-state index contributed by atoms with van der Waals surface area (Å²) in [7, 11) is 0. The first-order valence-electron chi connectivity index (χ1n) is 5.98. The molecule has 2 fully saturated rings. The molecular formula is C12H22O2. The molecule has 0 unspecified atom stereocenters. The van der Waals surface area contributed by atoms with Gasteiger partial charge in [-0.25, -0.2) is 0 Å². The highest BCUT2D eigenvalue weighted by atomic mass is 16.6. The lowest BCUT2D eigenvalue weighted by molar-refractivity contribution is 0.0917. The van der Waals surface area contributed by atoms with Crippen LogP contribution in [-0.2, 0) is 4.74 Å². The number of epoxide rings is 1. The summed E-state index contributed by atoms with van der Waals surface area (Å²) < 4.78 is 5.51. The Kier molecular flexibility index (Phi) is 2.85. The van der Waals surface area contributed by atoms with Crippen molar-refractivity contribution in [3.05, 3.63) is 0 Å². The van der Waals surface area contributed by atoms with Gasteiger partial charge in [-0.15, -0.1) is 0 Å². The van der Waals surface area contributed by atoms with Gasteiger partial charge in [-0.2, -0.15) is 0 Å². The van der Waals surface area contributed by atoms with Crippen LogP contribution in [0.25, 0.3) is 0 Å². The van der Waals surface area contributed by atoms with Gasteiger partial charge in [0.25, 0.3) is 0 Å². The maximum Gasteiger partial charge on any atom is 0.0918 e. The molecule has 3 atom stereocenters. The van der Waals surface area contributed by atoms with Gasteiger partial charge in [0.05, 0.1) is 17.8 Å². The zero-order chi connectivity index (χ0) is 10.2. The lowest BCUT2D eigenvalue weighted by atomic mass is 9.92. The lowest BCUT2D eigenvalue weighted by Crippen LogP contribution is -2.20. The first kappa shape index (κ1) is 10.4. The van der Waals surface area contributed by atoms with Crippen LogP contribution in [0.3, 0.4) is 0 Å². The van der Waals surface area contributed by atoms with Gasteiger partial charge in [-0.05, 0) is 45.4 Å². The van der Waals surface area contributed by atoms with Crippen LogP contribution in [0.2, 0.25) is 0 Å². The molecule has 0 aromatic carbocycles. The van der Waals surface area contributed by atoms with Gasteiger partial charge >= 0.3 is 0 Å². The number of hydrogen-bond donors (Lipinski definition) is 1. The molecule has 1 heterocycles. The van der Waals surface area contributed by atoms with Gasteiger partial charge in [0.15, 0.2) is 0 Å². The smallest absolute Gasteiger partial charge is 0.0918 e. The fourth-order valence-electron chi connectivity index (χ4n) is 2.64. The summed E-state index contributed by atoms with van der Waals surface area (Å²) in [5, 5.41) is 9.97. The second-order valence-corrected chi connectivity index (χ2v) is 5.22. The van der Waals surface area contributed by atoms with Gasteiger partial charge in [0, 0.05) is 0 Å². The third-order valence-electron chi connectivity index (χ3n) is 4.13. The molecule has 2 nitrogen and oxygen atoms in total. The highest BCUT2D eigenvalue weighted by Crippen LogP contribution is 2.41. The van der Waals surface area contributed by atoms with Crippen LogP contribution in [0.5, 0.6) is 0 Å². The average molecular weight is 198 g/mol. The molecule has 2 heteroatoms. The molecule has 1 aliphatic heterocycles. The molecule has 82 valence electrons. The van der Waals surface area contributed by atoms with Crippen LogP contribution in [0.15, 0.2) is 0 Å². The first-order chi connectivity index (χ1) is 6.62. The van der Waals surface area contributed by atoms with Crippen LogP contribution in [0.1, 0.15) is 52.4 Å². The van der Waals surface area contributed by atoms with E-state index in [1.807, 2.05) is 0 Å². The van der Waals surface area contributed by atoms with Crippen molar-refractivity contribution >= 4 is 0 Å². The van der Waals surface area contributed by atoms with Crippen molar-refractivity contribution in [1.29, 1.82) is 0 Å². The van der Waals surface area contributed by atoms with Crippen molar-refractivity contribution in [2.24, 2.45) is 5.92 Å². The Bertz CT molecular complexity index is 198. The SMILES string of the molecule is C[C@H]1O[C@]1(C)CC[C@@H](O)C1CCCC1. The summed E-state index contributed by atoms with van der Waals surface area (Å²) in [5.74, 6) is 0.577. The molecule has 1 N–H and O–H groups in total. The molecule has 0 amide bonds. The van der Waals surface area contributed by atoms with Crippen molar-refractivity contribution < 1.29 is 9.84 Å². The monoisotopic (exact) mass is 198 g/mol. The Hall–Kier alpha value is -0.0800. The van der Waals surface area contributed by atoms with Crippen molar-refractivity contribution in [3.63, 3.8) is 0 Å². The molecular weight excluding hydrogens is 176 g/mol. The molecule has 0 radical (unpaired) electrons. The molecule has 1 saturated heterocycles. The van der Waals surface area contributed by atoms with E-state index in [9.17, 15) is 5.11 Å². The second-order valence-electron chi connectivity index (χ2n) is 5.22. The van der Waals surface area contributed by atoms with Gasteiger partial charge in [-0.1, -0.05) is 12.8 Å². The predicted molar refractivity (Wildman–Crippen MR) is 56.2 cm³/mol. The third kappa shape index (κ3) is 2.12. The topological polar surface area (TPSA) is 32.8 Å². The lowest BCUT2D eigenvalue weighted by Gasteiger charge is -2.18. The number of aliphatic hydroxyl groups excluding tert-OH is 1. The van der Waals surface area contributed by atoms with Gasteiger partial charge < -0.3 is 9.84 Å².